The largest absolute Gasteiger partial charge is 0.386 e. The molecule has 1 aliphatic rings. The van der Waals surface area contributed by atoms with Crippen LogP contribution in [0.25, 0.3) is 0 Å². The van der Waals surface area contributed by atoms with Gasteiger partial charge in [0.1, 0.15) is 0 Å². The molecule has 19 heavy (non-hydrogen) atoms. The molecule has 1 aliphatic heterocycles. The summed E-state index contributed by atoms with van der Waals surface area (Å²) >= 11 is 0. The van der Waals surface area contributed by atoms with E-state index >= 15 is 0 Å². The van der Waals surface area contributed by atoms with Crippen LogP contribution in [0.5, 0.6) is 0 Å². The van der Waals surface area contributed by atoms with Crippen molar-refractivity contribution in [1.29, 1.82) is 0 Å². The van der Waals surface area contributed by atoms with Gasteiger partial charge in [0.2, 0.25) is 0 Å². The molecule has 4 nitrogen and oxygen atoms in total. The molecule has 5 heteroatoms. The minimum atomic E-state index is -3.14. The molecule has 1 aromatic carbocycles. The molecule has 0 aliphatic carbocycles. The van der Waals surface area contributed by atoms with Gasteiger partial charge in [-0.05, 0) is 37.1 Å². The Kier molecular flexibility index (Phi) is 3.87. The highest BCUT2D eigenvalue weighted by molar-refractivity contribution is 7.91. The highest BCUT2D eigenvalue weighted by Crippen LogP contribution is 2.30. The topological polar surface area (TPSA) is 57.6 Å². The van der Waals surface area contributed by atoms with E-state index in [-0.39, 0.29) is 5.75 Å². The van der Waals surface area contributed by atoms with Crippen LogP contribution >= 0.6 is 0 Å². The van der Waals surface area contributed by atoms with Gasteiger partial charge in [-0.3, -0.25) is 0 Å². The van der Waals surface area contributed by atoms with E-state index in [1.165, 1.54) is 0 Å². The van der Waals surface area contributed by atoms with Crippen molar-refractivity contribution < 1.29 is 13.5 Å². The van der Waals surface area contributed by atoms with Gasteiger partial charge in [-0.15, -0.1) is 0 Å². The number of β-amino-alcohol motifs (C(OH)–C–C–N with tert-alkyl or cyclic N) is 1. The fourth-order valence-electron chi connectivity index (χ4n) is 2.32. The molecule has 2 rings (SSSR count). The predicted octanol–water partition coefficient (Wildman–Crippen LogP) is 1.83. The van der Waals surface area contributed by atoms with Crippen molar-refractivity contribution >= 4 is 15.5 Å². The molecule has 0 radical (unpaired) electrons. The van der Waals surface area contributed by atoms with Gasteiger partial charge >= 0.3 is 0 Å². The lowest BCUT2D eigenvalue weighted by Crippen LogP contribution is -2.61. The standard InChI is InChI=1S/C14H21NO3S/c1-3-9-19(17,18)13-7-5-12(6-8-13)15-10-14(16,4-2)11-15/h5-8,16H,3-4,9-11H2,1-2H3. The van der Waals surface area contributed by atoms with Gasteiger partial charge < -0.3 is 10.0 Å². The second-order valence-corrected chi connectivity index (χ2v) is 7.36. The van der Waals surface area contributed by atoms with Crippen molar-refractivity contribution in [2.45, 2.75) is 37.2 Å². The van der Waals surface area contributed by atoms with Gasteiger partial charge in [0, 0.05) is 18.8 Å². The Hall–Kier alpha value is -1.07. The molecular formula is C14H21NO3S. The summed E-state index contributed by atoms with van der Waals surface area (Å²) < 4.78 is 23.8. The number of aliphatic hydroxyl groups is 1. The fourth-order valence-corrected chi connectivity index (χ4v) is 3.65. The molecule has 0 unspecified atom stereocenters. The van der Waals surface area contributed by atoms with Crippen molar-refractivity contribution in [3.8, 4) is 0 Å². The molecule has 1 aromatic rings. The molecule has 0 amide bonds. The fraction of sp³-hybridized carbons (Fsp3) is 0.571. The minimum Gasteiger partial charge on any atom is -0.386 e. The summed E-state index contributed by atoms with van der Waals surface area (Å²) in [4.78, 5) is 2.43. The van der Waals surface area contributed by atoms with Crippen LogP contribution in [0.3, 0.4) is 0 Å². The second kappa shape index (κ2) is 5.13. The summed E-state index contributed by atoms with van der Waals surface area (Å²) in [5, 5.41) is 9.97. The number of hydrogen-bond donors (Lipinski definition) is 1. The Balaban J connectivity index is 2.08. The zero-order valence-electron chi connectivity index (χ0n) is 11.5. The first-order valence-electron chi connectivity index (χ1n) is 6.70. The molecule has 0 aromatic heterocycles. The highest BCUT2D eigenvalue weighted by atomic mass is 32.2. The Labute approximate surface area is 115 Å². The maximum atomic E-state index is 11.9. The molecule has 1 fully saturated rings. The third-order valence-electron chi connectivity index (χ3n) is 3.66. The average molecular weight is 283 g/mol. The predicted molar refractivity (Wildman–Crippen MR) is 76.2 cm³/mol. The van der Waals surface area contributed by atoms with Crippen LogP contribution in [-0.4, -0.2) is 38.0 Å². The van der Waals surface area contributed by atoms with Gasteiger partial charge in [0.15, 0.2) is 9.84 Å². The zero-order valence-corrected chi connectivity index (χ0v) is 12.3. The molecule has 1 saturated heterocycles. The van der Waals surface area contributed by atoms with Gasteiger partial charge in [-0.1, -0.05) is 13.8 Å². The third-order valence-corrected chi connectivity index (χ3v) is 5.60. The number of nitrogens with zero attached hydrogens (tertiary/aromatic N) is 1. The van der Waals surface area contributed by atoms with Crippen LogP contribution < -0.4 is 4.90 Å². The van der Waals surface area contributed by atoms with Crippen LogP contribution in [-0.2, 0) is 9.84 Å². The summed E-state index contributed by atoms with van der Waals surface area (Å²) in [7, 11) is -3.14. The van der Waals surface area contributed by atoms with Gasteiger partial charge in [-0.2, -0.15) is 0 Å². The van der Waals surface area contributed by atoms with E-state index in [1.54, 1.807) is 12.1 Å². The van der Waals surface area contributed by atoms with Crippen molar-refractivity contribution in [2.75, 3.05) is 23.7 Å². The maximum absolute atomic E-state index is 11.9. The van der Waals surface area contributed by atoms with E-state index in [4.69, 9.17) is 0 Å². The smallest absolute Gasteiger partial charge is 0.178 e. The van der Waals surface area contributed by atoms with Gasteiger partial charge in [0.25, 0.3) is 0 Å². The molecule has 0 spiro atoms. The first kappa shape index (κ1) is 14.3. The van der Waals surface area contributed by atoms with Crippen molar-refractivity contribution in [1.82, 2.24) is 0 Å². The van der Waals surface area contributed by atoms with E-state index in [9.17, 15) is 13.5 Å². The van der Waals surface area contributed by atoms with E-state index in [0.29, 0.717) is 24.4 Å². The van der Waals surface area contributed by atoms with Crippen LogP contribution in [0.1, 0.15) is 26.7 Å². The molecular weight excluding hydrogens is 262 g/mol. The first-order chi connectivity index (χ1) is 8.90. The average Bonchev–Trinajstić information content (AvgIpc) is 2.35. The van der Waals surface area contributed by atoms with Crippen LogP contribution in [0, 0.1) is 0 Å². The van der Waals surface area contributed by atoms with Gasteiger partial charge in [0.05, 0.1) is 16.2 Å². The summed E-state index contributed by atoms with van der Waals surface area (Å²) in [5.41, 5.74) is 0.390. The van der Waals surface area contributed by atoms with E-state index in [2.05, 4.69) is 4.90 Å². The van der Waals surface area contributed by atoms with Crippen LogP contribution in [0.2, 0.25) is 0 Å². The summed E-state index contributed by atoms with van der Waals surface area (Å²) in [6.07, 6.45) is 1.37. The molecule has 0 saturated carbocycles. The molecule has 1 N–H and O–H groups in total. The van der Waals surface area contributed by atoms with E-state index < -0.39 is 15.4 Å². The monoisotopic (exact) mass is 283 g/mol. The minimum absolute atomic E-state index is 0.186. The van der Waals surface area contributed by atoms with Crippen molar-refractivity contribution in [2.24, 2.45) is 0 Å². The quantitative estimate of drug-likeness (QED) is 0.895. The molecule has 106 valence electrons. The lowest BCUT2D eigenvalue weighted by Gasteiger charge is -2.47. The Bertz CT molecular complexity index is 530. The number of benzene rings is 1. The SMILES string of the molecule is CCCS(=O)(=O)c1ccc(N2CC(O)(CC)C2)cc1. The summed E-state index contributed by atoms with van der Waals surface area (Å²) in [5.74, 6) is 0.186. The third kappa shape index (κ3) is 2.92. The Morgan fingerprint density at radius 1 is 1.21 bits per heavy atom. The Morgan fingerprint density at radius 2 is 1.79 bits per heavy atom. The number of rotatable bonds is 5. The Morgan fingerprint density at radius 3 is 2.26 bits per heavy atom. The first-order valence-corrected chi connectivity index (χ1v) is 8.35. The lowest BCUT2D eigenvalue weighted by molar-refractivity contribution is 0.00852. The van der Waals surface area contributed by atoms with Crippen LogP contribution in [0.15, 0.2) is 29.2 Å². The molecule has 1 heterocycles. The second-order valence-electron chi connectivity index (χ2n) is 5.25. The normalized spacial score (nSPS) is 18.2. The highest BCUT2D eigenvalue weighted by Gasteiger charge is 2.39. The number of sulfone groups is 1. The van der Waals surface area contributed by atoms with Crippen molar-refractivity contribution in [3.63, 3.8) is 0 Å². The van der Waals surface area contributed by atoms with Crippen molar-refractivity contribution in [3.05, 3.63) is 24.3 Å². The number of anilines is 1. The summed E-state index contributed by atoms with van der Waals surface area (Å²) in [6.45, 7) is 5.06. The molecule has 0 bridgehead atoms. The van der Waals surface area contributed by atoms with Gasteiger partial charge in [-0.25, -0.2) is 8.42 Å². The number of hydrogen-bond acceptors (Lipinski definition) is 4. The summed E-state index contributed by atoms with van der Waals surface area (Å²) in [6, 6.07) is 6.95. The van der Waals surface area contributed by atoms with E-state index in [0.717, 1.165) is 12.1 Å². The maximum Gasteiger partial charge on any atom is 0.178 e. The van der Waals surface area contributed by atoms with Crippen LogP contribution in [0.4, 0.5) is 5.69 Å². The lowest BCUT2D eigenvalue weighted by atomic mass is 9.91. The van der Waals surface area contributed by atoms with E-state index in [1.807, 2.05) is 26.0 Å². The molecule has 0 atom stereocenters. The zero-order chi connectivity index (χ0) is 14.1.